The van der Waals surface area contributed by atoms with Gasteiger partial charge in [0.25, 0.3) is 0 Å². The molecule has 12 heteroatoms. The number of halogens is 2. The van der Waals surface area contributed by atoms with Gasteiger partial charge in [0, 0.05) is 29.2 Å². The van der Waals surface area contributed by atoms with E-state index in [9.17, 15) is 18.0 Å². The number of carbonyl (C=O) groups excluding carboxylic acids is 2. The van der Waals surface area contributed by atoms with Crippen molar-refractivity contribution >= 4 is 50.7 Å². The number of sulfonamides is 1. The van der Waals surface area contributed by atoms with Crippen molar-refractivity contribution in [2.75, 3.05) is 37.9 Å². The maximum Gasteiger partial charge on any atom is 0.244 e. The summed E-state index contributed by atoms with van der Waals surface area (Å²) < 4.78 is 37.3. The van der Waals surface area contributed by atoms with Crippen LogP contribution in [0.15, 0.2) is 36.4 Å². The van der Waals surface area contributed by atoms with Crippen molar-refractivity contribution in [1.82, 2.24) is 10.2 Å². The average Bonchev–Trinajstić information content (AvgIpc) is 2.85. The highest BCUT2D eigenvalue weighted by atomic mass is 35.5. The SMILES string of the molecule is CCCNC(=O)[C@H](CC)N(Cc1ccc(Cl)cc1Cl)C(=O)CN(c1cc(OC)ccc1OC)S(C)(=O)=O. The van der Waals surface area contributed by atoms with Crippen LogP contribution in [0.2, 0.25) is 10.0 Å². The summed E-state index contributed by atoms with van der Waals surface area (Å²) in [6.45, 7) is 3.53. The molecule has 2 aromatic rings. The van der Waals surface area contributed by atoms with Crippen LogP contribution in [0.5, 0.6) is 11.5 Å². The van der Waals surface area contributed by atoms with Crippen molar-refractivity contribution in [3.8, 4) is 11.5 Å². The number of ether oxygens (including phenoxy) is 2. The zero-order valence-corrected chi connectivity index (χ0v) is 23.9. The number of carbonyl (C=O) groups is 2. The minimum atomic E-state index is -3.95. The molecule has 0 heterocycles. The van der Waals surface area contributed by atoms with Crippen LogP contribution in [0.4, 0.5) is 5.69 Å². The molecule has 0 spiro atoms. The van der Waals surface area contributed by atoms with Crippen LogP contribution in [0.3, 0.4) is 0 Å². The molecule has 2 amide bonds. The van der Waals surface area contributed by atoms with Crippen LogP contribution in [-0.4, -0.2) is 64.7 Å². The van der Waals surface area contributed by atoms with Gasteiger partial charge in [-0.15, -0.1) is 0 Å². The molecule has 0 bridgehead atoms. The predicted molar refractivity (Wildman–Crippen MR) is 146 cm³/mol. The van der Waals surface area contributed by atoms with E-state index in [1.54, 1.807) is 37.3 Å². The summed E-state index contributed by atoms with van der Waals surface area (Å²) in [4.78, 5) is 28.1. The highest BCUT2D eigenvalue weighted by molar-refractivity contribution is 7.92. The van der Waals surface area contributed by atoms with Crippen LogP contribution in [0.25, 0.3) is 0 Å². The van der Waals surface area contributed by atoms with Crippen LogP contribution in [0, 0.1) is 0 Å². The Hall–Kier alpha value is -2.69. The molecule has 0 saturated carbocycles. The molecule has 37 heavy (non-hydrogen) atoms. The largest absolute Gasteiger partial charge is 0.497 e. The second kappa shape index (κ2) is 13.7. The van der Waals surface area contributed by atoms with E-state index in [1.165, 1.54) is 25.2 Å². The number of rotatable bonds is 13. The molecule has 0 aromatic heterocycles. The Bertz CT molecular complexity index is 1210. The highest BCUT2D eigenvalue weighted by Gasteiger charge is 2.33. The lowest BCUT2D eigenvalue weighted by atomic mass is 10.1. The van der Waals surface area contributed by atoms with E-state index in [1.807, 2.05) is 6.92 Å². The smallest absolute Gasteiger partial charge is 0.244 e. The van der Waals surface area contributed by atoms with Gasteiger partial charge in [-0.1, -0.05) is 43.1 Å². The molecule has 0 aliphatic carbocycles. The molecule has 1 N–H and O–H groups in total. The van der Waals surface area contributed by atoms with Gasteiger partial charge >= 0.3 is 0 Å². The number of amides is 2. The Morgan fingerprint density at radius 1 is 1.05 bits per heavy atom. The summed E-state index contributed by atoms with van der Waals surface area (Å²) in [6.07, 6.45) is 2.01. The van der Waals surface area contributed by atoms with Gasteiger partial charge in [0.1, 0.15) is 24.1 Å². The molecule has 0 saturated heterocycles. The first kappa shape index (κ1) is 30.5. The average molecular weight is 575 g/mol. The van der Waals surface area contributed by atoms with E-state index in [2.05, 4.69) is 5.32 Å². The van der Waals surface area contributed by atoms with E-state index in [-0.39, 0.29) is 23.9 Å². The Morgan fingerprint density at radius 2 is 1.76 bits per heavy atom. The van der Waals surface area contributed by atoms with Gasteiger partial charge in [-0.25, -0.2) is 8.42 Å². The molecule has 9 nitrogen and oxygen atoms in total. The van der Waals surface area contributed by atoms with Crippen molar-refractivity contribution in [3.05, 3.63) is 52.0 Å². The van der Waals surface area contributed by atoms with Crippen molar-refractivity contribution in [2.45, 2.75) is 39.3 Å². The molecule has 0 aliphatic rings. The summed E-state index contributed by atoms with van der Waals surface area (Å²) in [6, 6.07) is 8.62. The van der Waals surface area contributed by atoms with Crippen LogP contribution >= 0.6 is 23.2 Å². The van der Waals surface area contributed by atoms with Gasteiger partial charge in [0.05, 0.1) is 26.2 Å². The molecule has 204 valence electrons. The Labute approximate surface area is 228 Å². The number of nitrogens with zero attached hydrogens (tertiary/aromatic N) is 2. The molecule has 0 radical (unpaired) electrons. The third kappa shape index (κ3) is 8.15. The normalized spacial score (nSPS) is 12.0. The minimum absolute atomic E-state index is 0.0280. The lowest BCUT2D eigenvalue weighted by Crippen LogP contribution is -2.52. The number of nitrogens with one attached hydrogen (secondary N) is 1. The molecular weight excluding hydrogens is 541 g/mol. The topological polar surface area (TPSA) is 105 Å². The Balaban J connectivity index is 2.55. The molecule has 0 aliphatic heterocycles. The van der Waals surface area contributed by atoms with Gasteiger partial charge in [0.15, 0.2) is 0 Å². The maximum absolute atomic E-state index is 13.8. The number of hydrogen-bond donors (Lipinski definition) is 1. The van der Waals surface area contributed by atoms with E-state index in [4.69, 9.17) is 32.7 Å². The van der Waals surface area contributed by atoms with Crippen molar-refractivity contribution in [1.29, 1.82) is 0 Å². The number of anilines is 1. The first-order valence-corrected chi connectivity index (χ1v) is 14.3. The monoisotopic (exact) mass is 573 g/mol. The van der Waals surface area contributed by atoms with Crippen molar-refractivity contribution in [2.24, 2.45) is 0 Å². The highest BCUT2D eigenvalue weighted by Crippen LogP contribution is 2.34. The lowest BCUT2D eigenvalue weighted by Gasteiger charge is -2.33. The number of methoxy groups -OCH3 is 2. The van der Waals surface area contributed by atoms with Crippen LogP contribution in [-0.2, 0) is 26.2 Å². The van der Waals surface area contributed by atoms with E-state index >= 15 is 0 Å². The zero-order chi connectivity index (χ0) is 27.8. The summed E-state index contributed by atoms with van der Waals surface area (Å²) in [5.74, 6) is -0.321. The standard InChI is InChI=1S/C25H33Cl2N3O6S/c1-6-12-28-25(32)21(7-2)29(15-17-8-9-18(26)13-20(17)27)24(31)16-30(37(5,33)34)22-14-19(35-3)10-11-23(22)36-4/h8-11,13-14,21H,6-7,12,15-16H2,1-5H3,(H,28,32)/t21-/m0/s1. The Morgan fingerprint density at radius 3 is 2.30 bits per heavy atom. The van der Waals surface area contributed by atoms with E-state index in [0.717, 1.165) is 17.0 Å². The molecular formula is C25H33Cl2N3O6S. The van der Waals surface area contributed by atoms with Gasteiger partial charge in [-0.3, -0.25) is 13.9 Å². The van der Waals surface area contributed by atoms with Crippen molar-refractivity contribution < 1.29 is 27.5 Å². The Kier molecular flexibility index (Phi) is 11.3. The molecule has 1 atom stereocenters. The third-order valence-electron chi connectivity index (χ3n) is 5.62. The summed E-state index contributed by atoms with van der Waals surface area (Å²) >= 11 is 12.4. The fourth-order valence-corrected chi connectivity index (χ4v) is 5.02. The second-order valence-corrected chi connectivity index (χ2v) is 11.0. The predicted octanol–water partition coefficient (Wildman–Crippen LogP) is 4.11. The van der Waals surface area contributed by atoms with Gasteiger partial charge in [0.2, 0.25) is 21.8 Å². The number of hydrogen-bond acceptors (Lipinski definition) is 6. The summed E-state index contributed by atoms with van der Waals surface area (Å²) in [5, 5.41) is 3.57. The van der Waals surface area contributed by atoms with E-state index < -0.39 is 28.5 Å². The molecule has 0 unspecified atom stereocenters. The summed E-state index contributed by atoms with van der Waals surface area (Å²) in [5.41, 5.74) is 0.691. The van der Waals surface area contributed by atoms with Crippen molar-refractivity contribution in [3.63, 3.8) is 0 Å². The number of benzene rings is 2. The lowest BCUT2D eigenvalue weighted by molar-refractivity contribution is -0.140. The fraction of sp³-hybridized carbons (Fsp3) is 0.440. The third-order valence-corrected chi connectivity index (χ3v) is 7.34. The second-order valence-electron chi connectivity index (χ2n) is 8.28. The molecule has 2 rings (SSSR count). The van der Waals surface area contributed by atoms with Gasteiger partial charge < -0.3 is 19.7 Å². The first-order chi connectivity index (χ1) is 17.5. The maximum atomic E-state index is 13.8. The quantitative estimate of drug-likeness (QED) is 0.386. The van der Waals surface area contributed by atoms with E-state index in [0.29, 0.717) is 34.3 Å². The first-order valence-electron chi connectivity index (χ1n) is 11.7. The van der Waals surface area contributed by atoms with Gasteiger partial charge in [-0.2, -0.15) is 0 Å². The van der Waals surface area contributed by atoms with Crippen LogP contribution < -0.4 is 19.1 Å². The minimum Gasteiger partial charge on any atom is -0.497 e. The molecule has 2 aromatic carbocycles. The summed E-state index contributed by atoms with van der Waals surface area (Å²) in [7, 11) is -1.11. The van der Waals surface area contributed by atoms with Gasteiger partial charge in [-0.05, 0) is 42.7 Å². The molecule has 0 fully saturated rings. The zero-order valence-electron chi connectivity index (χ0n) is 21.6. The fourth-order valence-electron chi connectivity index (χ4n) is 3.71. The van der Waals surface area contributed by atoms with Crippen LogP contribution in [0.1, 0.15) is 32.3 Å².